The van der Waals surface area contributed by atoms with Crippen LogP contribution in [0, 0.1) is 6.92 Å². The lowest BCUT2D eigenvalue weighted by Crippen LogP contribution is -2.32. The first-order chi connectivity index (χ1) is 15.6. The minimum Gasteiger partial charge on any atom is -0.495 e. The Hall–Kier alpha value is -2.43. The van der Waals surface area contributed by atoms with Gasteiger partial charge in [-0.25, -0.2) is 16.8 Å². The Kier molecular flexibility index (Phi) is 8.14. The van der Waals surface area contributed by atoms with E-state index in [4.69, 9.17) is 4.74 Å². The molecular weight excluding hydrogens is 464 g/mol. The normalized spacial score (nSPS) is 15.6. The summed E-state index contributed by atoms with van der Waals surface area (Å²) in [6.45, 7) is 2.79. The molecule has 10 heteroatoms. The number of hydrogen-bond donors (Lipinski definition) is 1. The summed E-state index contributed by atoms with van der Waals surface area (Å²) < 4.78 is 58.0. The fourth-order valence-electron chi connectivity index (χ4n) is 3.68. The van der Waals surface area contributed by atoms with Crippen molar-refractivity contribution < 1.29 is 26.4 Å². The van der Waals surface area contributed by atoms with Gasteiger partial charge in [0.1, 0.15) is 5.75 Å². The van der Waals surface area contributed by atoms with Gasteiger partial charge in [0.25, 0.3) is 0 Å². The molecule has 1 N–H and O–H groups in total. The van der Waals surface area contributed by atoms with Crippen LogP contribution >= 0.6 is 0 Å². The Morgan fingerprint density at radius 2 is 1.55 bits per heavy atom. The van der Waals surface area contributed by atoms with Gasteiger partial charge in [-0.1, -0.05) is 30.5 Å². The summed E-state index contributed by atoms with van der Waals surface area (Å²) in [5.74, 6) is -0.622. The average molecular weight is 495 g/mol. The predicted molar refractivity (Wildman–Crippen MR) is 127 cm³/mol. The van der Waals surface area contributed by atoms with Crippen molar-refractivity contribution >= 4 is 31.5 Å². The van der Waals surface area contributed by atoms with E-state index in [1.165, 1.54) is 41.7 Å². The van der Waals surface area contributed by atoms with Crippen molar-refractivity contribution in [3.8, 4) is 5.75 Å². The summed E-state index contributed by atoms with van der Waals surface area (Å²) in [5.41, 5.74) is 1.12. The van der Waals surface area contributed by atoms with Gasteiger partial charge in [-0.2, -0.15) is 4.31 Å². The number of methoxy groups -OCH3 is 1. The number of carbonyl (C=O) groups is 1. The maximum Gasteiger partial charge on any atom is 0.243 e. The highest BCUT2D eigenvalue weighted by Crippen LogP contribution is 2.30. The van der Waals surface area contributed by atoms with Crippen molar-refractivity contribution in [3.05, 3.63) is 48.0 Å². The number of amides is 1. The molecule has 0 unspecified atom stereocenters. The van der Waals surface area contributed by atoms with E-state index in [0.717, 1.165) is 31.2 Å². The lowest BCUT2D eigenvalue weighted by atomic mass is 10.2. The van der Waals surface area contributed by atoms with Crippen LogP contribution in [0.4, 0.5) is 5.69 Å². The number of nitrogens with zero attached hydrogens (tertiary/aromatic N) is 1. The Morgan fingerprint density at radius 1 is 0.939 bits per heavy atom. The molecule has 0 spiro atoms. The highest BCUT2D eigenvalue weighted by atomic mass is 32.2. The fourth-order valence-corrected chi connectivity index (χ4v) is 6.46. The fraction of sp³-hybridized carbons (Fsp3) is 0.435. The van der Waals surface area contributed by atoms with Crippen molar-refractivity contribution in [3.63, 3.8) is 0 Å². The Balaban J connectivity index is 1.74. The second-order valence-corrected chi connectivity index (χ2v) is 12.2. The van der Waals surface area contributed by atoms with Gasteiger partial charge >= 0.3 is 0 Å². The van der Waals surface area contributed by atoms with Gasteiger partial charge in [0.15, 0.2) is 9.84 Å². The molecule has 2 aromatic rings. The van der Waals surface area contributed by atoms with Gasteiger partial charge in [-0.15, -0.1) is 0 Å². The molecule has 8 nitrogen and oxygen atoms in total. The molecular formula is C23H30N2O6S2. The molecule has 1 aliphatic heterocycles. The molecule has 180 valence electrons. The lowest BCUT2D eigenvalue weighted by Gasteiger charge is -2.21. The van der Waals surface area contributed by atoms with Crippen molar-refractivity contribution in [1.82, 2.24) is 4.31 Å². The first-order valence-electron chi connectivity index (χ1n) is 10.9. The maximum atomic E-state index is 13.1. The minimum absolute atomic E-state index is 0.0628. The first kappa shape index (κ1) is 25.2. The number of ether oxygens (including phenoxy) is 1. The van der Waals surface area contributed by atoms with Crippen molar-refractivity contribution in [1.29, 1.82) is 0 Å². The number of hydrogen-bond acceptors (Lipinski definition) is 6. The van der Waals surface area contributed by atoms with E-state index in [2.05, 4.69) is 5.32 Å². The van der Waals surface area contributed by atoms with Crippen LogP contribution in [0.3, 0.4) is 0 Å². The highest BCUT2D eigenvalue weighted by Gasteiger charge is 2.26. The van der Waals surface area contributed by atoms with Crippen molar-refractivity contribution in [2.45, 2.75) is 48.8 Å². The molecule has 1 saturated heterocycles. The number of anilines is 1. The molecule has 2 aromatic carbocycles. The molecule has 0 atom stereocenters. The van der Waals surface area contributed by atoms with Crippen LogP contribution in [0.5, 0.6) is 5.75 Å². The van der Waals surface area contributed by atoms with Crippen LogP contribution < -0.4 is 10.1 Å². The van der Waals surface area contributed by atoms with Gasteiger partial charge < -0.3 is 10.1 Å². The second-order valence-electron chi connectivity index (χ2n) is 8.11. The molecule has 33 heavy (non-hydrogen) atoms. The molecule has 1 amide bonds. The first-order valence-corrected chi connectivity index (χ1v) is 14.0. The molecule has 0 aromatic heterocycles. The van der Waals surface area contributed by atoms with E-state index in [0.29, 0.717) is 18.8 Å². The standard InChI is InChI=1S/C23H30N2O6S2/c1-18-7-9-19(10-8-18)32(27,28)16-13-23(26)24-21-17-20(11-12-22(21)31-2)33(29,30)25-14-5-3-4-6-15-25/h7-12,17H,3-6,13-16H2,1-2H3,(H,24,26). The number of benzene rings is 2. The Morgan fingerprint density at radius 3 is 2.15 bits per heavy atom. The number of carbonyl (C=O) groups excluding carboxylic acids is 1. The SMILES string of the molecule is COc1ccc(S(=O)(=O)N2CCCCCC2)cc1NC(=O)CCS(=O)(=O)c1ccc(C)cc1. The van der Waals surface area contributed by atoms with Crippen molar-refractivity contribution in [2.24, 2.45) is 0 Å². The van der Waals surface area contributed by atoms with E-state index in [1.54, 1.807) is 12.1 Å². The quantitative estimate of drug-likeness (QED) is 0.603. The summed E-state index contributed by atoms with van der Waals surface area (Å²) in [5, 5.41) is 2.61. The third-order valence-electron chi connectivity index (χ3n) is 5.63. The highest BCUT2D eigenvalue weighted by molar-refractivity contribution is 7.91. The van der Waals surface area contributed by atoms with Gasteiger partial charge in [-0.3, -0.25) is 4.79 Å². The second kappa shape index (κ2) is 10.7. The Labute approximate surface area is 195 Å². The minimum atomic E-state index is -3.71. The van der Waals surface area contributed by atoms with Crippen molar-refractivity contribution in [2.75, 3.05) is 31.3 Å². The van der Waals surface area contributed by atoms with Crippen LogP contribution in [0.1, 0.15) is 37.7 Å². The summed E-state index contributed by atoms with van der Waals surface area (Å²) >= 11 is 0. The van der Waals surface area contributed by atoms with Gasteiger partial charge in [0, 0.05) is 19.5 Å². The van der Waals surface area contributed by atoms with E-state index in [9.17, 15) is 21.6 Å². The zero-order valence-electron chi connectivity index (χ0n) is 18.9. The zero-order chi connectivity index (χ0) is 24.1. The molecule has 1 fully saturated rings. The molecule has 0 bridgehead atoms. The molecule has 1 heterocycles. The third kappa shape index (κ3) is 6.33. The smallest absolute Gasteiger partial charge is 0.243 e. The Bertz CT molecular complexity index is 1180. The molecule has 0 aliphatic carbocycles. The number of sulfone groups is 1. The number of rotatable bonds is 8. The monoisotopic (exact) mass is 494 g/mol. The summed E-state index contributed by atoms with van der Waals surface area (Å²) in [6.07, 6.45) is 3.36. The summed E-state index contributed by atoms with van der Waals surface area (Å²) in [6, 6.07) is 10.7. The molecule has 3 rings (SSSR count). The average Bonchev–Trinajstić information content (AvgIpc) is 3.08. The molecule has 0 saturated carbocycles. The van der Waals surface area contributed by atoms with Crippen LogP contribution in [0.25, 0.3) is 0 Å². The van der Waals surface area contributed by atoms with Crippen LogP contribution in [0.15, 0.2) is 52.3 Å². The molecule has 1 aliphatic rings. The summed E-state index contributed by atoms with van der Waals surface area (Å²) in [7, 11) is -5.92. The third-order valence-corrected chi connectivity index (χ3v) is 9.25. The van der Waals surface area contributed by atoms with Gasteiger partial charge in [-0.05, 0) is 50.1 Å². The van der Waals surface area contributed by atoms with E-state index in [1.807, 2.05) is 6.92 Å². The van der Waals surface area contributed by atoms with Crippen LogP contribution in [0.2, 0.25) is 0 Å². The van der Waals surface area contributed by atoms with E-state index in [-0.39, 0.29) is 27.7 Å². The van der Waals surface area contributed by atoms with Crippen LogP contribution in [-0.4, -0.2) is 53.0 Å². The number of sulfonamides is 1. The zero-order valence-corrected chi connectivity index (χ0v) is 20.5. The van der Waals surface area contributed by atoms with Crippen LogP contribution in [-0.2, 0) is 24.7 Å². The lowest BCUT2D eigenvalue weighted by molar-refractivity contribution is -0.115. The number of nitrogens with one attached hydrogen (secondary N) is 1. The van der Waals surface area contributed by atoms with Gasteiger partial charge in [0.2, 0.25) is 15.9 Å². The maximum absolute atomic E-state index is 13.1. The topological polar surface area (TPSA) is 110 Å². The van der Waals surface area contributed by atoms with E-state index < -0.39 is 25.8 Å². The molecule has 0 radical (unpaired) electrons. The van der Waals surface area contributed by atoms with Gasteiger partial charge in [0.05, 0.1) is 28.3 Å². The number of aryl methyl sites for hydroxylation is 1. The largest absolute Gasteiger partial charge is 0.495 e. The summed E-state index contributed by atoms with van der Waals surface area (Å²) in [4.78, 5) is 12.7. The van der Waals surface area contributed by atoms with E-state index >= 15 is 0 Å². The predicted octanol–water partition coefficient (Wildman–Crippen LogP) is 3.37.